The number of nitrogens with zero attached hydrogens (tertiary/aromatic N) is 1. The van der Waals surface area contributed by atoms with E-state index in [0.29, 0.717) is 18.9 Å². The Morgan fingerprint density at radius 2 is 2.24 bits per heavy atom. The van der Waals surface area contributed by atoms with Crippen LogP contribution in [0.15, 0.2) is 30.3 Å². The molecule has 90 valence electrons. The first kappa shape index (κ1) is 12.1. The van der Waals surface area contributed by atoms with Crippen LogP contribution in [0, 0.1) is 17.2 Å². The minimum atomic E-state index is -0.109. The summed E-state index contributed by atoms with van der Waals surface area (Å²) in [6, 6.07) is 12.1. The lowest BCUT2D eigenvalue weighted by atomic mass is 10.1. The van der Waals surface area contributed by atoms with E-state index >= 15 is 0 Å². The van der Waals surface area contributed by atoms with E-state index in [1.807, 2.05) is 30.3 Å². The first-order chi connectivity index (χ1) is 8.40. The Morgan fingerprint density at radius 3 is 2.88 bits per heavy atom. The second-order valence-corrected chi connectivity index (χ2v) is 4.32. The molecular formula is C14H17NO2. The van der Waals surface area contributed by atoms with E-state index in [4.69, 9.17) is 14.7 Å². The summed E-state index contributed by atoms with van der Waals surface area (Å²) >= 11 is 0. The number of ether oxygens (including phenoxy) is 2. The van der Waals surface area contributed by atoms with Gasteiger partial charge in [0.1, 0.15) is 0 Å². The molecule has 1 heterocycles. The Bertz CT molecular complexity index is 366. The molecule has 1 aliphatic rings. The lowest BCUT2D eigenvalue weighted by molar-refractivity contribution is 0.0278. The van der Waals surface area contributed by atoms with Crippen LogP contribution in [0.2, 0.25) is 0 Å². The summed E-state index contributed by atoms with van der Waals surface area (Å²) in [5.74, 6) is 0.486. The van der Waals surface area contributed by atoms with Crippen molar-refractivity contribution < 1.29 is 9.47 Å². The van der Waals surface area contributed by atoms with Crippen molar-refractivity contribution in [3.05, 3.63) is 35.9 Å². The molecule has 2 unspecified atom stereocenters. The second-order valence-electron chi connectivity index (χ2n) is 4.32. The van der Waals surface area contributed by atoms with Crippen LogP contribution >= 0.6 is 0 Å². The lowest BCUT2D eigenvalue weighted by Gasteiger charge is -2.17. The van der Waals surface area contributed by atoms with Crippen molar-refractivity contribution in [1.82, 2.24) is 0 Å². The minimum Gasteiger partial charge on any atom is -0.381 e. The first-order valence-electron chi connectivity index (χ1n) is 6.01. The average molecular weight is 231 g/mol. The summed E-state index contributed by atoms with van der Waals surface area (Å²) in [4.78, 5) is 0. The normalized spacial score (nSPS) is 21.0. The summed E-state index contributed by atoms with van der Waals surface area (Å²) in [5.41, 5.74) is 1.08. The van der Waals surface area contributed by atoms with Gasteiger partial charge in [-0.05, 0) is 12.0 Å². The van der Waals surface area contributed by atoms with Gasteiger partial charge in [0, 0.05) is 12.5 Å². The monoisotopic (exact) mass is 231 g/mol. The Morgan fingerprint density at radius 1 is 1.41 bits per heavy atom. The van der Waals surface area contributed by atoms with Gasteiger partial charge in [-0.15, -0.1) is 0 Å². The topological polar surface area (TPSA) is 42.2 Å². The Kier molecular flexibility index (Phi) is 4.54. The van der Waals surface area contributed by atoms with Crippen molar-refractivity contribution in [1.29, 1.82) is 5.26 Å². The molecule has 3 nitrogen and oxygen atoms in total. The van der Waals surface area contributed by atoms with E-state index in [1.54, 1.807) is 0 Å². The van der Waals surface area contributed by atoms with Gasteiger partial charge in [0.15, 0.2) is 0 Å². The van der Waals surface area contributed by atoms with Crippen molar-refractivity contribution in [3.63, 3.8) is 0 Å². The summed E-state index contributed by atoms with van der Waals surface area (Å²) in [5, 5.41) is 8.84. The van der Waals surface area contributed by atoms with E-state index in [9.17, 15) is 0 Å². The van der Waals surface area contributed by atoms with Crippen molar-refractivity contribution >= 4 is 0 Å². The molecule has 0 N–H and O–H groups in total. The third-order valence-corrected chi connectivity index (χ3v) is 3.01. The third kappa shape index (κ3) is 3.55. The molecule has 1 aromatic carbocycles. The standard InChI is InChI=1S/C14H17NO2/c15-8-6-14(13-4-2-1-3-5-13)17-11-12-7-9-16-10-12/h1-5,12,14H,6-7,9-11H2. The summed E-state index contributed by atoms with van der Waals surface area (Å²) < 4.78 is 11.2. The number of benzene rings is 1. The van der Waals surface area contributed by atoms with Gasteiger partial charge < -0.3 is 9.47 Å². The maximum Gasteiger partial charge on any atom is 0.0954 e. The second kappa shape index (κ2) is 6.39. The van der Waals surface area contributed by atoms with Gasteiger partial charge >= 0.3 is 0 Å². The van der Waals surface area contributed by atoms with Gasteiger partial charge in [-0.2, -0.15) is 5.26 Å². The zero-order valence-electron chi connectivity index (χ0n) is 9.84. The van der Waals surface area contributed by atoms with Crippen LogP contribution in [-0.2, 0) is 9.47 Å². The molecular weight excluding hydrogens is 214 g/mol. The lowest BCUT2D eigenvalue weighted by Crippen LogP contribution is -2.13. The molecule has 0 bridgehead atoms. The van der Waals surface area contributed by atoms with E-state index in [-0.39, 0.29) is 6.10 Å². The van der Waals surface area contributed by atoms with Crippen LogP contribution < -0.4 is 0 Å². The number of hydrogen-bond acceptors (Lipinski definition) is 3. The zero-order valence-corrected chi connectivity index (χ0v) is 9.84. The summed E-state index contributed by atoms with van der Waals surface area (Å²) in [6.45, 7) is 2.30. The summed E-state index contributed by atoms with van der Waals surface area (Å²) in [6.07, 6.45) is 1.35. The minimum absolute atomic E-state index is 0.109. The molecule has 3 heteroatoms. The molecule has 0 amide bonds. The fourth-order valence-electron chi connectivity index (χ4n) is 1.99. The van der Waals surface area contributed by atoms with Gasteiger partial charge in [0.2, 0.25) is 0 Å². The molecule has 0 aliphatic carbocycles. The third-order valence-electron chi connectivity index (χ3n) is 3.01. The summed E-state index contributed by atoms with van der Waals surface area (Å²) in [7, 11) is 0. The Labute approximate surface area is 102 Å². The van der Waals surface area contributed by atoms with E-state index in [1.165, 1.54) is 0 Å². The maximum atomic E-state index is 8.84. The van der Waals surface area contributed by atoms with Crippen molar-refractivity contribution in [2.75, 3.05) is 19.8 Å². The highest BCUT2D eigenvalue weighted by atomic mass is 16.5. The Hall–Kier alpha value is -1.37. The van der Waals surface area contributed by atoms with Gasteiger partial charge in [0.05, 0.1) is 31.8 Å². The highest BCUT2D eigenvalue weighted by molar-refractivity contribution is 5.18. The van der Waals surface area contributed by atoms with Crippen LogP contribution in [0.25, 0.3) is 0 Å². The first-order valence-corrected chi connectivity index (χ1v) is 6.01. The molecule has 1 saturated heterocycles. The number of rotatable bonds is 5. The highest BCUT2D eigenvalue weighted by Gasteiger charge is 2.19. The van der Waals surface area contributed by atoms with Gasteiger partial charge in [0.25, 0.3) is 0 Å². The SMILES string of the molecule is N#CCC(OCC1CCOC1)c1ccccc1. The van der Waals surface area contributed by atoms with Crippen molar-refractivity contribution in [2.45, 2.75) is 18.9 Å². The van der Waals surface area contributed by atoms with Gasteiger partial charge in [-0.3, -0.25) is 0 Å². The van der Waals surface area contributed by atoms with Crippen molar-refractivity contribution in [2.24, 2.45) is 5.92 Å². The molecule has 2 atom stereocenters. The number of nitriles is 1. The molecule has 0 saturated carbocycles. The Balaban J connectivity index is 1.91. The fraction of sp³-hybridized carbons (Fsp3) is 0.500. The van der Waals surface area contributed by atoms with Gasteiger partial charge in [-0.25, -0.2) is 0 Å². The highest BCUT2D eigenvalue weighted by Crippen LogP contribution is 2.23. The van der Waals surface area contributed by atoms with Crippen LogP contribution in [0.3, 0.4) is 0 Å². The number of hydrogen-bond donors (Lipinski definition) is 0. The van der Waals surface area contributed by atoms with Gasteiger partial charge in [-0.1, -0.05) is 30.3 Å². The van der Waals surface area contributed by atoms with Crippen molar-refractivity contribution in [3.8, 4) is 6.07 Å². The fourth-order valence-corrected chi connectivity index (χ4v) is 1.99. The zero-order chi connectivity index (χ0) is 11.9. The molecule has 1 aromatic rings. The van der Waals surface area contributed by atoms with Crippen LogP contribution in [-0.4, -0.2) is 19.8 Å². The average Bonchev–Trinajstić information content (AvgIpc) is 2.88. The molecule has 1 fully saturated rings. The predicted octanol–water partition coefficient (Wildman–Crippen LogP) is 2.69. The van der Waals surface area contributed by atoms with E-state index < -0.39 is 0 Å². The van der Waals surface area contributed by atoms with E-state index in [2.05, 4.69) is 6.07 Å². The molecule has 17 heavy (non-hydrogen) atoms. The largest absolute Gasteiger partial charge is 0.381 e. The molecule has 0 radical (unpaired) electrons. The molecule has 1 aliphatic heterocycles. The smallest absolute Gasteiger partial charge is 0.0954 e. The molecule has 2 rings (SSSR count). The predicted molar refractivity (Wildman–Crippen MR) is 64.3 cm³/mol. The van der Waals surface area contributed by atoms with Crippen LogP contribution in [0.5, 0.6) is 0 Å². The van der Waals surface area contributed by atoms with E-state index in [0.717, 1.165) is 25.2 Å². The maximum absolute atomic E-state index is 8.84. The van der Waals surface area contributed by atoms with Crippen LogP contribution in [0.1, 0.15) is 24.5 Å². The van der Waals surface area contributed by atoms with Crippen LogP contribution in [0.4, 0.5) is 0 Å². The quantitative estimate of drug-likeness (QED) is 0.782. The molecule has 0 aromatic heterocycles. The molecule has 0 spiro atoms.